The van der Waals surface area contributed by atoms with Crippen LogP contribution in [-0.2, 0) is 0 Å². The molecule has 0 fully saturated rings. The average molecular weight is 249 g/mol. The van der Waals surface area contributed by atoms with Crippen molar-refractivity contribution in [2.24, 2.45) is 5.92 Å². The maximum atomic E-state index is 13.2. The molecular formula is C12H15Cl2F. The molecule has 1 aromatic carbocycles. The van der Waals surface area contributed by atoms with E-state index in [1.807, 2.05) is 0 Å². The first-order chi connectivity index (χ1) is 6.91. The molecule has 3 heteroatoms. The van der Waals surface area contributed by atoms with Gasteiger partial charge >= 0.3 is 0 Å². The van der Waals surface area contributed by atoms with E-state index in [0.717, 1.165) is 12.0 Å². The van der Waals surface area contributed by atoms with Gasteiger partial charge in [-0.3, -0.25) is 0 Å². The molecule has 0 nitrogen and oxygen atoms in total. The lowest BCUT2D eigenvalue weighted by atomic mass is 10.0. The summed E-state index contributed by atoms with van der Waals surface area (Å²) in [6.45, 7) is 5.91. The summed E-state index contributed by atoms with van der Waals surface area (Å²) >= 11 is 12.2. The van der Waals surface area contributed by atoms with Gasteiger partial charge in [-0.2, -0.15) is 0 Å². The molecule has 0 aromatic heterocycles. The van der Waals surface area contributed by atoms with Crippen molar-refractivity contribution in [3.8, 4) is 0 Å². The van der Waals surface area contributed by atoms with Gasteiger partial charge in [0.15, 0.2) is 0 Å². The quantitative estimate of drug-likeness (QED) is 0.652. The van der Waals surface area contributed by atoms with E-state index >= 15 is 0 Å². The predicted molar refractivity (Wildman–Crippen MR) is 64.2 cm³/mol. The zero-order valence-electron chi connectivity index (χ0n) is 9.15. The number of rotatable bonds is 3. The average Bonchev–Trinajstić information content (AvgIpc) is 2.09. The molecule has 0 saturated heterocycles. The van der Waals surface area contributed by atoms with Crippen molar-refractivity contribution in [3.05, 3.63) is 34.1 Å². The Bertz CT molecular complexity index is 348. The van der Waals surface area contributed by atoms with E-state index in [0.29, 0.717) is 16.5 Å². The molecule has 15 heavy (non-hydrogen) atoms. The van der Waals surface area contributed by atoms with Crippen molar-refractivity contribution >= 4 is 23.2 Å². The monoisotopic (exact) mass is 248 g/mol. The third kappa shape index (κ3) is 3.35. The summed E-state index contributed by atoms with van der Waals surface area (Å²) < 4.78 is 13.2. The Hall–Kier alpha value is -0.270. The third-order valence-electron chi connectivity index (χ3n) is 2.29. The summed E-state index contributed by atoms with van der Waals surface area (Å²) in [5.74, 6) is 0.214. The molecule has 0 radical (unpaired) electrons. The number of hydrogen-bond donors (Lipinski definition) is 0. The summed E-state index contributed by atoms with van der Waals surface area (Å²) in [6, 6.07) is 3.07. The van der Waals surface area contributed by atoms with Gasteiger partial charge in [0.1, 0.15) is 5.82 Å². The van der Waals surface area contributed by atoms with E-state index in [4.69, 9.17) is 23.2 Å². The Morgan fingerprint density at radius 2 is 1.93 bits per heavy atom. The fourth-order valence-electron chi connectivity index (χ4n) is 1.46. The molecule has 0 N–H and O–H groups in total. The highest BCUT2D eigenvalue weighted by molar-refractivity contribution is 6.32. The maximum absolute atomic E-state index is 13.2. The van der Waals surface area contributed by atoms with Gasteiger partial charge in [-0.15, -0.1) is 11.6 Å². The van der Waals surface area contributed by atoms with Crippen LogP contribution in [-0.4, -0.2) is 0 Å². The Kier molecular flexibility index (Phi) is 4.42. The fourth-order valence-corrected chi connectivity index (χ4v) is 2.34. The highest BCUT2D eigenvalue weighted by Crippen LogP contribution is 2.34. The normalized spacial score (nSPS) is 13.3. The van der Waals surface area contributed by atoms with Gasteiger partial charge in [0.2, 0.25) is 0 Å². The van der Waals surface area contributed by atoms with Crippen LogP contribution in [0.25, 0.3) is 0 Å². The number of benzene rings is 1. The topological polar surface area (TPSA) is 0 Å². The molecule has 0 bridgehead atoms. The molecule has 84 valence electrons. The largest absolute Gasteiger partial charge is 0.207 e. The molecule has 1 rings (SSSR count). The van der Waals surface area contributed by atoms with Gasteiger partial charge in [0, 0.05) is 5.02 Å². The lowest BCUT2D eigenvalue weighted by Crippen LogP contribution is -1.99. The lowest BCUT2D eigenvalue weighted by molar-refractivity contribution is 0.573. The Balaban J connectivity index is 2.98. The van der Waals surface area contributed by atoms with E-state index in [9.17, 15) is 4.39 Å². The number of hydrogen-bond acceptors (Lipinski definition) is 0. The first kappa shape index (κ1) is 12.8. The molecule has 1 unspecified atom stereocenters. The molecule has 0 heterocycles. The minimum atomic E-state index is -0.280. The summed E-state index contributed by atoms with van der Waals surface area (Å²) in [6.07, 6.45) is 0.840. The molecule has 0 aliphatic heterocycles. The van der Waals surface area contributed by atoms with E-state index in [1.165, 1.54) is 6.07 Å². The predicted octanol–water partition coefficient (Wildman–Crippen LogP) is 5.11. The highest BCUT2D eigenvalue weighted by Gasteiger charge is 2.15. The van der Waals surface area contributed by atoms with Crippen LogP contribution >= 0.6 is 23.2 Å². The van der Waals surface area contributed by atoms with E-state index in [1.54, 1.807) is 13.0 Å². The molecule has 0 saturated carbocycles. The zero-order chi connectivity index (χ0) is 11.6. The molecule has 0 spiro atoms. The van der Waals surface area contributed by atoms with Gasteiger partial charge in [0.25, 0.3) is 0 Å². The molecule has 1 aromatic rings. The van der Waals surface area contributed by atoms with E-state index in [2.05, 4.69) is 13.8 Å². The summed E-state index contributed by atoms with van der Waals surface area (Å²) in [4.78, 5) is 0. The van der Waals surface area contributed by atoms with Crippen molar-refractivity contribution < 1.29 is 4.39 Å². The van der Waals surface area contributed by atoms with E-state index in [-0.39, 0.29) is 11.2 Å². The molecule has 0 aliphatic carbocycles. The molecule has 1 atom stereocenters. The Morgan fingerprint density at radius 3 is 2.47 bits per heavy atom. The van der Waals surface area contributed by atoms with Crippen molar-refractivity contribution in [1.29, 1.82) is 0 Å². The van der Waals surface area contributed by atoms with Crippen molar-refractivity contribution in [2.45, 2.75) is 32.6 Å². The Labute approximate surface area is 100 Å². The summed E-state index contributed by atoms with van der Waals surface area (Å²) in [5, 5.41) is 0.274. The minimum absolute atomic E-state index is 0.142. The van der Waals surface area contributed by atoms with E-state index < -0.39 is 0 Å². The van der Waals surface area contributed by atoms with Crippen LogP contribution in [0.3, 0.4) is 0 Å². The summed E-state index contributed by atoms with van der Waals surface area (Å²) in [7, 11) is 0. The van der Waals surface area contributed by atoms with Gasteiger partial charge in [-0.05, 0) is 36.5 Å². The Morgan fingerprint density at radius 1 is 1.33 bits per heavy atom. The van der Waals surface area contributed by atoms with Crippen molar-refractivity contribution in [1.82, 2.24) is 0 Å². The first-order valence-corrected chi connectivity index (χ1v) is 5.83. The molecule has 0 aliphatic rings. The van der Waals surface area contributed by atoms with Gasteiger partial charge in [-0.1, -0.05) is 31.5 Å². The van der Waals surface area contributed by atoms with Crippen LogP contribution in [0.2, 0.25) is 5.02 Å². The van der Waals surface area contributed by atoms with Crippen molar-refractivity contribution in [3.63, 3.8) is 0 Å². The lowest BCUT2D eigenvalue weighted by Gasteiger charge is -2.14. The number of halogens is 3. The van der Waals surface area contributed by atoms with Crippen LogP contribution in [0.5, 0.6) is 0 Å². The van der Waals surface area contributed by atoms with Crippen LogP contribution in [0.15, 0.2) is 12.1 Å². The summed E-state index contributed by atoms with van der Waals surface area (Å²) in [5.41, 5.74) is 1.41. The number of alkyl halides is 1. The highest BCUT2D eigenvalue weighted by atomic mass is 35.5. The van der Waals surface area contributed by atoms with Crippen molar-refractivity contribution in [2.75, 3.05) is 0 Å². The minimum Gasteiger partial charge on any atom is -0.207 e. The second-order valence-corrected chi connectivity index (χ2v) is 5.15. The first-order valence-electron chi connectivity index (χ1n) is 5.01. The van der Waals surface area contributed by atoms with Gasteiger partial charge < -0.3 is 0 Å². The van der Waals surface area contributed by atoms with Crippen LogP contribution in [0.1, 0.15) is 36.8 Å². The zero-order valence-corrected chi connectivity index (χ0v) is 10.7. The second kappa shape index (κ2) is 5.18. The van der Waals surface area contributed by atoms with Crippen LogP contribution in [0, 0.1) is 18.7 Å². The molecular weight excluding hydrogens is 234 g/mol. The number of aryl methyl sites for hydroxylation is 1. The van der Waals surface area contributed by atoms with Crippen LogP contribution in [0.4, 0.5) is 4.39 Å². The van der Waals surface area contributed by atoms with Gasteiger partial charge in [0.05, 0.1) is 5.38 Å². The smallest absolute Gasteiger partial charge is 0.127 e. The third-order valence-corrected chi connectivity index (χ3v) is 3.03. The maximum Gasteiger partial charge on any atom is 0.127 e. The van der Waals surface area contributed by atoms with Gasteiger partial charge in [-0.25, -0.2) is 4.39 Å². The second-order valence-electron chi connectivity index (χ2n) is 4.22. The van der Waals surface area contributed by atoms with Crippen LogP contribution < -0.4 is 0 Å². The fraction of sp³-hybridized carbons (Fsp3) is 0.500. The SMILES string of the molecule is Cc1cc(C(Cl)CC(C)C)c(Cl)cc1F. The molecule has 0 amide bonds. The standard InChI is InChI=1S/C12H15Cl2F/c1-7(2)4-10(13)9-5-8(3)12(15)6-11(9)14/h5-7,10H,4H2,1-3H3.